The predicted molar refractivity (Wildman–Crippen MR) is 116 cm³/mol. The van der Waals surface area contributed by atoms with Gasteiger partial charge in [0.15, 0.2) is 0 Å². The van der Waals surface area contributed by atoms with Gasteiger partial charge in [-0.05, 0) is 91.8 Å². The number of nitrogens with two attached hydrogens (primary N) is 1. The zero-order valence-corrected chi connectivity index (χ0v) is 18.2. The summed E-state index contributed by atoms with van der Waals surface area (Å²) in [6.45, 7) is 18.6. The van der Waals surface area contributed by atoms with E-state index >= 15 is 0 Å². The summed E-state index contributed by atoms with van der Waals surface area (Å²) in [5.74, 6) is 2.32. The van der Waals surface area contributed by atoms with Crippen LogP contribution in [0.2, 0.25) is 0 Å². The first kappa shape index (κ1) is 19.5. The number of rotatable bonds is 3. The Balaban J connectivity index is 1.69. The molecule has 0 aromatic heterocycles. The van der Waals surface area contributed by atoms with Crippen LogP contribution in [0.3, 0.4) is 0 Å². The molecule has 1 heteroatoms. The highest BCUT2D eigenvalue weighted by Crippen LogP contribution is 2.70. The number of allylic oxidation sites excluding steroid dienone is 4. The Hall–Kier alpha value is -0.820. The minimum atomic E-state index is 0.316. The van der Waals surface area contributed by atoms with E-state index in [1.807, 2.05) is 0 Å². The maximum Gasteiger partial charge on any atom is 0.00837 e. The van der Waals surface area contributed by atoms with Gasteiger partial charge in [-0.25, -0.2) is 0 Å². The van der Waals surface area contributed by atoms with Gasteiger partial charge in [0, 0.05) is 6.04 Å². The molecule has 6 unspecified atom stereocenters. The molecule has 0 radical (unpaired) electrons. The second-order valence-electron chi connectivity index (χ2n) is 11.2. The van der Waals surface area contributed by atoms with Crippen LogP contribution in [0.25, 0.3) is 0 Å². The van der Waals surface area contributed by atoms with E-state index in [2.05, 4.69) is 46.9 Å². The van der Waals surface area contributed by atoms with E-state index in [1.54, 1.807) is 5.57 Å². The van der Waals surface area contributed by atoms with Gasteiger partial charge in [-0.1, -0.05) is 63.6 Å². The molecule has 0 heterocycles. The smallest absolute Gasteiger partial charge is 0.00837 e. The van der Waals surface area contributed by atoms with Crippen molar-refractivity contribution in [3.8, 4) is 0 Å². The highest BCUT2D eigenvalue weighted by atomic mass is 14.8. The second-order valence-corrected chi connectivity index (χ2v) is 11.2. The number of hydrogen-bond donors (Lipinski definition) is 1. The average molecular weight is 368 g/mol. The van der Waals surface area contributed by atoms with Crippen molar-refractivity contribution in [3.63, 3.8) is 0 Å². The van der Waals surface area contributed by atoms with Gasteiger partial charge in [0.25, 0.3) is 0 Å². The molecule has 1 nitrogen and oxygen atoms in total. The molecule has 2 N–H and O–H groups in total. The van der Waals surface area contributed by atoms with Crippen molar-refractivity contribution in [1.82, 2.24) is 0 Å². The summed E-state index contributed by atoms with van der Waals surface area (Å²) in [6, 6.07) is 0.337. The van der Waals surface area contributed by atoms with E-state index in [4.69, 9.17) is 5.73 Å². The largest absolute Gasteiger partial charge is 0.327 e. The molecule has 4 aliphatic rings. The normalized spacial score (nSPS) is 49.1. The van der Waals surface area contributed by atoms with Crippen molar-refractivity contribution in [1.29, 1.82) is 0 Å². The molecule has 7 atom stereocenters. The molecule has 0 aromatic rings. The van der Waals surface area contributed by atoms with Crippen molar-refractivity contribution in [3.05, 3.63) is 36.0 Å². The Bertz CT molecular complexity index is 686. The SMILES string of the molecule is C=C1C=C2CCC3C([C@@H](N)CC4(C)C3CCC4(C)CC(=C)CC)C2(C)CC1. The van der Waals surface area contributed by atoms with Crippen LogP contribution < -0.4 is 5.73 Å². The maximum absolute atomic E-state index is 7.07. The predicted octanol–water partition coefficient (Wildman–Crippen LogP) is 6.81. The summed E-state index contributed by atoms with van der Waals surface area (Å²) in [4.78, 5) is 0. The van der Waals surface area contributed by atoms with Gasteiger partial charge >= 0.3 is 0 Å². The van der Waals surface area contributed by atoms with E-state index in [0.29, 0.717) is 28.2 Å². The van der Waals surface area contributed by atoms with Crippen LogP contribution in [-0.4, -0.2) is 6.04 Å². The van der Waals surface area contributed by atoms with Gasteiger partial charge in [0.2, 0.25) is 0 Å². The zero-order chi connectivity index (χ0) is 19.6. The van der Waals surface area contributed by atoms with Gasteiger partial charge in [-0.15, -0.1) is 0 Å². The van der Waals surface area contributed by atoms with Crippen LogP contribution in [-0.2, 0) is 0 Å². The quantitative estimate of drug-likeness (QED) is 0.545. The van der Waals surface area contributed by atoms with Crippen LogP contribution in [0, 0.1) is 34.0 Å². The fourth-order valence-electron chi connectivity index (χ4n) is 8.21. The molecule has 0 saturated heterocycles. The Morgan fingerprint density at radius 3 is 2.63 bits per heavy atom. The van der Waals surface area contributed by atoms with E-state index in [-0.39, 0.29) is 0 Å². The molecule has 4 aliphatic carbocycles. The first-order valence-corrected chi connectivity index (χ1v) is 11.5. The van der Waals surface area contributed by atoms with Crippen molar-refractivity contribution in [2.75, 3.05) is 0 Å². The van der Waals surface area contributed by atoms with Gasteiger partial charge in [0.1, 0.15) is 0 Å². The van der Waals surface area contributed by atoms with Crippen LogP contribution in [0.1, 0.15) is 85.5 Å². The molecular weight excluding hydrogens is 326 g/mol. The summed E-state index contributed by atoms with van der Waals surface area (Å²) < 4.78 is 0. The molecule has 4 rings (SSSR count). The fourth-order valence-corrected chi connectivity index (χ4v) is 8.21. The third-order valence-corrected chi connectivity index (χ3v) is 10.0. The van der Waals surface area contributed by atoms with Crippen LogP contribution >= 0.6 is 0 Å². The molecule has 150 valence electrons. The molecule has 3 saturated carbocycles. The van der Waals surface area contributed by atoms with Crippen molar-refractivity contribution in [2.24, 2.45) is 39.7 Å². The Morgan fingerprint density at radius 2 is 1.93 bits per heavy atom. The van der Waals surface area contributed by atoms with E-state index in [0.717, 1.165) is 24.7 Å². The maximum atomic E-state index is 7.07. The van der Waals surface area contributed by atoms with E-state index < -0.39 is 0 Å². The van der Waals surface area contributed by atoms with Gasteiger partial charge in [-0.2, -0.15) is 0 Å². The van der Waals surface area contributed by atoms with Crippen LogP contribution in [0.4, 0.5) is 0 Å². The molecule has 0 aromatic carbocycles. The average Bonchev–Trinajstić information content (AvgIpc) is 2.85. The lowest BCUT2D eigenvalue weighted by Crippen LogP contribution is -2.60. The summed E-state index contributed by atoms with van der Waals surface area (Å²) in [7, 11) is 0. The molecule has 3 fully saturated rings. The highest BCUT2D eigenvalue weighted by Gasteiger charge is 2.64. The van der Waals surface area contributed by atoms with Gasteiger partial charge in [-0.3, -0.25) is 0 Å². The molecule has 0 amide bonds. The lowest BCUT2D eigenvalue weighted by Gasteiger charge is -2.62. The first-order chi connectivity index (χ1) is 12.6. The minimum Gasteiger partial charge on any atom is -0.327 e. The van der Waals surface area contributed by atoms with E-state index in [1.165, 1.54) is 56.1 Å². The standard InChI is InChI=1S/C26H41N/c1-7-17(2)15-24(4)12-11-21-20-9-8-19-14-18(3)10-13-25(19,5)23(20)22(27)16-26(21,24)6/h14,20-23H,2-3,7-13,15-16,27H2,1,4-6H3/t20?,21?,22-,23?,24?,25?,26?/m0/s1. The Labute approximate surface area is 167 Å². The second kappa shape index (κ2) is 6.34. The highest BCUT2D eigenvalue weighted by molar-refractivity contribution is 5.34. The Kier molecular flexibility index (Phi) is 4.58. The molecule has 0 bridgehead atoms. The molecule has 0 aliphatic heterocycles. The van der Waals surface area contributed by atoms with Crippen LogP contribution in [0.15, 0.2) is 36.0 Å². The minimum absolute atomic E-state index is 0.316. The number of hydrogen-bond acceptors (Lipinski definition) is 1. The lowest BCUT2D eigenvalue weighted by atomic mass is 9.43. The van der Waals surface area contributed by atoms with Crippen molar-refractivity contribution >= 4 is 0 Å². The van der Waals surface area contributed by atoms with Crippen molar-refractivity contribution < 1.29 is 0 Å². The zero-order valence-electron chi connectivity index (χ0n) is 18.2. The molecular formula is C26H41N. The number of fused-ring (bicyclic) bond motifs is 5. The van der Waals surface area contributed by atoms with Gasteiger partial charge < -0.3 is 5.73 Å². The fraction of sp³-hybridized carbons (Fsp3) is 0.769. The monoisotopic (exact) mass is 367 g/mol. The van der Waals surface area contributed by atoms with Gasteiger partial charge in [0.05, 0.1) is 0 Å². The van der Waals surface area contributed by atoms with Crippen molar-refractivity contribution in [2.45, 2.75) is 91.5 Å². The Morgan fingerprint density at radius 1 is 1.19 bits per heavy atom. The summed E-state index contributed by atoms with van der Waals surface area (Å²) >= 11 is 0. The van der Waals surface area contributed by atoms with E-state index in [9.17, 15) is 0 Å². The van der Waals surface area contributed by atoms with Crippen LogP contribution in [0.5, 0.6) is 0 Å². The first-order valence-electron chi connectivity index (χ1n) is 11.5. The summed E-state index contributed by atoms with van der Waals surface area (Å²) in [6.07, 6.45) is 13.8. The lowest BCUT2D eigenvalue weighted by molar-refractivity contribution is -0.0858. The molecule has 27 heavy (non-hydrogen) atoms. The topological polar surface area (TPSA) is 26.0 Å². The summed E-state index contributed by atoms with van der Waals surface area (Å²) in [5.41, 5.74) is 12.6. The third-order valence-electron chi connectivity index (χ3n) is 10.0. The third kappa shape index (κ3) is 2.67. The molecule has 0 spiro atoms. The summed E-state index contributed by atoms with van der Waals surface area (Å²) in [5, 5.41) is 0.